The van der Waals surface area contributed by atoms with E-state index in [9.17, 15) is 10.5 Å². The molecule has 9 rings (SSSR count). The molecule has 1 aliphatic carbocycles. The van der Waals surface area contributed by atoms with Crippen LogP contribution in [0.2, 0.25) is 0 Å². The summed E-state index contributed by atoms with van der Waals surface area (Å²) < 4.78 is 0. The predicted molar refractivity (Wildman–Crippen MR) is 206 cm³/mol. The summed E-state index contributed by atoms with van der Waals surface area (Å²) in [7, 11) is 0. The van der Waals surface area contributed by atoms with Crippen LogP contribution in [0.15, 0.2) is 146 Å². The molecule has 0 fully saturated rings. The van der Waals surface area contributed by atoms with E-state index in [1.54, 1.807) is 12.4 Å². The first kappa shape index (κ1) is 30.2. The van der Waals surface area contributed by atoms with Gasteiger partial charge in [0.25, 0.3) is 0 Å². The molecule has 51 heavy (non-hydrogen) atoms. The molecule has 0 spiro atoms. The lowest BCUT2D eigenvalue weighted by molar-refractivity contribution is 0.661. The van der Waals surface area contributed by atoms with Crippen LogP contribution in [-0.2, 0) is 5.41 Å². The van der Waals surface area contributed by atoms with Crippen LogP contribution in [0.25, 0.3) is 77.2 Å². The zero-order valence-electron chi connectivity index (χ0n) is 28.1. The Morgan fingerprint density at radius 3 is 1.43 bits per heavy atom. The number of pyridine rings is 2. The molecule has 0 saturated heterocycles. The number of aromatic nitrogens is 2. The van der Waals surface area contributed by atoms with E-state index in [0.717, 1.165) is 33.4 Å². The first-order chi connectivity index (χ1) is 24.9. The quantitative estimate of drug-likeness (QED) is 0.178. The van der Waals surface area contributed by atoms with Crippen molar-refractivity contribution in [3.63, 3.8) is 0 Å². The van der Waals surface area contributed by atoms with Gasteiger partial charge < -0.3 is 0 Å². The normalized spacial score (nSPS) is 12.6. The average Bonchev–Trinajstić information content (AvgIpc) is 3.41. The van der Waals surface area contributed by atoms with Gasteiger partial charge in [0.1, 0.15) is 23.5 Å². The number of nitriles is 2. The molecule has 238 valence electrons. The fourth-order valence-electron chi connectivity index (χ4n) is 7.99. The molecule has 2 aromatic heterocycles. The Morgan fingerprint density at radius 2 is 0.902 bits per heavy atom. The van der Waals surface area contributed by atoms with Gasteiger partial charge in [-0.3, -0.25) is 0 Å². The van der Waals surface area contributed by atoms with Crippen molar-refractivity contribution in [2.24, 2.45) is 0 Å². The Labute approximate surface area is 296 Å². The van der Waals surface area contributed by atoms with E-state index in [2.05, 4.69) is 145 Å². The van der Waals surface area contributed by atoms with Crippen LogP contribution in [0.1, 0.15) is 36.4 Å². The minimum atomic E-state index is -0.151. The molecule has 0 radical (unpaired) electrons. The van der Waals surface area contributed by atoms with Gasteiger partial charge in [-0.25, -0.2) is 9.97 Å². The van der Waals surface area contributed by atoms with Crippen molar-refractivity contribution in [3.8, 4) is 67.8 Å². The van der Waals surface area contributed by atoms with Gasteiger partial charge in [-0.15, -0.1) is 0 Å². The summed E-state index contributed by atoms with van der Waals surface area (Å²) in [6, 6.07) is 51.7. The van der Waals surface area contributed by atoms with Crippen molar-refractivity contribution in [3.05, 3.63) is 168 Å². The Kier molecular flexibility index (Phi) is 6.88. The number of benzene rings is 6. The highest BCUT2D eigenvalue weighted by Gasteiger charge is 2.36. The lowest BCUT2D eigenvalue weighted by atomic mass is 9.79. The van der Waals surface area contributed by atoms with Gasteiger partial charge in [0, 0.05) is 17.8 Å². The fraction of sp³-hybridized carbons (Fsp3) is 0.0638. The Morgan fingerprint density at radius 1 is 0.431 bits per heavy atom. The number of rotatable bonds is 4. The number of nitrogens with zero attached hydrogens (tertiary/aromatic N) is 4. The molecular weight excluding hydrogens is 621 g/mol. The molecule has 0 unspecified atom stereocenters. The molecule has 0 saturated carbocycles. The SMILES string of the molecule is CC1(C)c2ccccc2-c2cc3c(-c4ccc(-c5ccnc(C#N)c5)cc4)c4ccccc4c(-c4ccc(-c5ccnc(C#N)c5)cc4)c3cc21. The van der Waals surface area contributed by atoms with Crippen molar-refractivity contribution in [2.45, 2.75) is 19.3 Å². The van der Waals surface area contributed by atoms with Crippen LogP contribution in [0.5, 0.6) is 0 Å². The van der Waals surface area contributed by atoms with E-state index < -0.39 is 0 Å². The standard InChI is InChI=1S/C47H30N4/c1-47(2)43-10-6-5-7-37(43)40-25-41-42(26-44(40)47)46(32-17-13-30(14-18-32)34-20-22-51-36(24-34)28-49)39-9-4-3-8-38(39)45(41)31-15-11-29(12-16-31)33-19-21-50-35(23-33)27-48/h3-26H,1-2H3. The van der Waals surface area contributed by atoms with E-state index in [1.807, 2.05) is 24.3 Å². The van der Waals surface area contributed by atoms with Crippen LogP contribution in [0.4, 0.5) is 0 Å². The Hall–Kier alpha value is -6.88. The van der Waals surface area contributed by atoms with Gasteiger partial charge in [0.2, 0.25) is 0 Å². The highest BCUT2D eigenvalue weighted by molar-refractivity contribution is 6.22. The van der Waals surface area contributed by atoms with Gasteiger partial charge in [-0.05, 0) is 125 Å². The van der Waals surface area contributed by atoms with Crippen molar-refractivity contribution >= 4 is 21.5 Å². The number of hydrogen-bond acceptors (Lipinski definition) is 4. The summed E-state index contributed by atoms with van der Waals surface area (Å²) in [5, 5.41) is 23.6. The third-order valence-corrected chi connectivity index (χ3v) is 10.5. The minimum absolute atomic E-state index is 0.151. The summed E-state index contributed by atoms with van der Waals surface area (Å²) >= 11 is 0. The average molecular weight is 651 g/mol. The summed E-state index contributed by atoms with van der Waals surface area (Å²) in [4.78, 5) is 8.31. The molecule has 0 atom stereocenters. The Balaban J connectivity index is 1.31. The van der Waals surface area contributed by atoms with Gasteiger partial charge in [-0.1, -0.05) is 111 Å². The van der Waals surface area contributed by atoms with Crippen LogP contribution in [0, 0.1) is 22.7 Å². The number of fused-ring (bicyclic) bond motifs is 5. The second-order valence-electron chi connectivity index (χ2n) is 13.6. The predicted octanol–water partition coefficient (Wildman–Crippen LogP) is 11.5. The minimum Gasteiger partial charge on any atom is -0.246 e. The smallest absolute Gasteiger partial charge is 0.141 e. The lowest BCUT2D eigenvalue weighted by Crippen LogP contribution is -2.14. The topological polar surface area (TPSA) is 73.4 Å². The molecule has 0 aliphatic heterocycles. The van der Waals surface area contributed by atoms with Crippen LogP contribution >= 0.6 is 0 Å². The highest BCUT2D eigenvalue weighted by Crippen LogP contribution is 2.53. The first-order valence-corrected chi connectivity index (χ1v) is 17.0. The molecule has 4 heteroatoms. The van der Waals surface area contributed by atoms with Gasteiger partial charge in [-0.2, -0.15) is 10.5 Å². The summed E-state index contributed by atoms with van der Waals surface area (Å²) in [6.45, 7) is 4.67. The lowest BCUT2D eigenvalue weighted by Gasteiger charge is -2.24. The van der Waals surface area contributed by atoms with Crippen molar-refractivity contribution < 1.29 is 0 Å². The summed E-state index contributed by atoms with van der Waals surface area (Å²) in [5.74, 6) is 0. The second kappa shape index (κ2) is 11.6. The molecule has 6 aromatic carbocycles. The third kappa shape index (κ3) is 4.81. The zero-order valence-corrected chi connectivity index (χ0v) is 28.1. The van der Waals surface area contributed by atoms with E-state index in [1.165, 1.54) is 54.9 Å². The van der Waals surface area contributed by atoms with Gasteiger partial charge in [0.15, 0.2) is 0 Å². The molecule has 2 heterocycles. The van der Waals surface area contributed by atoms with E-state index >= 15 is 0 Å². The van der Waals surface area contributed by atoms with Crippen molar-refractivity contribution in [1.82, 2.24) is 9.97 Å². The second-order valence-corrected chi connectivity index (χ2v) is 13.6. The zero-order chi connectivity index (χ0) is 34.7. The number of hydrogen-bond donors (Lipinski definition) is 0. The molecule has 0 bridgehead atoms. The third-order valence-electron chi connectivity index (χ3n) is 10.5. The maximum Gasteiger partial charge on any atom is 0.141 e. The van der Waals surface area contributed by atoms with Crippen LogP contribution in [-0.4, -0.2) is 9.97 Å². The van der Waals surface area contributed by atoms with E-state index in [-0.39, 0.29) is 5.41 Å². The van der Waals surface area contributed by atoms with Crippen LogP contribution in [0.3, 0.4) is 0 Å². The Bertz CT molecular complexity index is 2780. The maximum atomic E-state index is 9.43. The summed E-state index contributed by atoms with van der Waals surface area (Å²) in [6.07, 6.45) is 3.38. The monoisotopic (exact) mass is 650 g/mol. The van der Waals surface area contributed by atoms with Gasteiger partial charge >= 0.3 is 0 Å². The molecular formula is C47H30N4. The molecule has 8 aromatic rings. The first-order valence-electron chi connectivity index (χ1n) is 17.0. The largest absolute Gasteiger partial charge is 0.246 e. The molecule has 1 aliphatic rings. The highest BCUT2D eigenvalue weighted by atomic mass is 14.7. The van der Waals surface area contributed by atoms with Gasteiger partial charge in [0.05, 0.1) is 0 Å². The van der Waals surface area contributed by atoms with E-state index in [0.29, 0.717) is 11.4 Å². The molecule has 0 N–H and O–H groups in total. The van der Waals surface area contributed by atoms with Crippen LogP contribution < -0.4 is 0 Å². The molecule has 4 nitrogen and oxygen atoms in total. The summed E-state index contributed by atoms with van der Waals surface area (Å²) in [5.41, 5.74) is 14.6. The fourth-order valence-corrected chi connectivity index (χ4v) is 7.99. The maximum absolute atomic E-state index is 9.43. The van der Waals surface area contributed by atoms with E-state index in [4.69, 9.17) is 0 Å². The molecule has 0 amide bonds. The van der Waals surface area contributed by atoms with Crippen molar-refractivity contribution in [1.29, 1.82) is 10.5 Å². The van der Waals surface area contributed by atoms with Crippen molar-refractivity contribution in [2.75, 3.05) is 0 Å².